The van der Waals surface area contributed by atoms with Crippen molar-refractivity contribution in [1.29, 1.82) is 0 Å². The van der Waals surface area contributed by atoms with E-state index in [0.29, 0.717) is 5.92 Å². The third-order valence-electron chi connectivity index (χ3n) is 2.14. The van der Waals surface area contributed by atoms with Gasteiger partial charge in [-0.15, -0.1) is 0 Å². The van der Waals surface area contributed by atoms with E-state index in [4.69, 9.17) is 11.6 Å². The van der Waals surface area contributed by atoms with Crippen LogP contribution in [-0.4, -0.2) is 9.55 Å². The Morgan fingerprint density at radius 2 is 2.36 bits per heavy atom. The first-order chi connectivity index (χ1) is 6.63. The molecule has 0 aliphatic rings. The normalized spacial score (nSPS) is 12.8. The van der Waals surface area contributed by atoms with E-state index in [1.165, 1.54) is 12.4 Å². The lowest BCUT2D eigenvalue weighted by atomic mass is 10.1. The van der Waals surface area contributed by atoms with Crippen molar-refractivity contribution in [3.63, 3.8) is 0 Å². The molecule has 1 atom stereocenters. The van der Waals surface area contributed by atoms with Crippen molar-refractivity contribution in [3.8, 4) is 0 Å². The van der Waals surface area contributed by atoms with Crippen LogP contribution in [0, 0.1) is 5.92 Å². The summed E-state index contributed by atoms with van der Waals surface area (Å²) >= 11 is 5.59. The lowest BCUT2D eigenvalue weighted by molar-refractivity contribution is 0.435. The van der Waals surface area contributed by atoms with Crippen LogP contribution in [0.4, 0.5) is 0 Å². The SMILES string of the molecule is CCCC(C)Cn1cnc(Cl)cc1=O. The smallest absolute Gasteiger partial charge is 0.254 e. The van der Waals surface area contributed by atoms with Crippen LogP contribution in [0.3, 0.4) is 0 Å². The van der Waals surface area contributed by atoms with Crippen molar-refractivity contribution in [3.05, 3.63) is 27.9 Å². The van der Waals surface area contributed by atoms with Gasteiger partial charge in [-0.2, -0.15) is 0 Å². The minimum Gasteiger partial charge on any atom is -0.299 e. The first-order valence-corrected chi connectivity index (χ1v) is 5.23. The minimum absolute atomic E-state index is 0.0760. The fourth-order valence-corrected chi connectivity index (χ4v) is 1.60. The van der Waals surface area contributed by atoms with E-state index in [2.05, 4.69) is 18.8 Å². The highest BCUT2D eigenvalue weighted by molar-refractivity contribution is 6.29. The van der Waals surface area contributed by atoms with Crippen LogP contribution in [0.15, 0.2) is 17.2 Å². The van der Waals surface area contributed by atoms with Crippen LogP contribution < -0.4 is 5.56 Å². The number of nitrogens with zero attached hydrogens (tertiary/aromatic N) is 2. The number of halogens is 1. The van der Waals surface area contributed by atoms with E-state index in [9.17, 15) is 4.79 Å². The van der Waals surface area contributed by atoms with Gasteiger partial charge in [-0.1, -0.05) is 31.9 Å². The molecule has 0 saturated carbocycles. The molecule has 0 saturated heterocycles. The molecule has 0 N–H and O–H groups in total. The summed E-state index contributed by atoms with van der Waals surface area (Å²) in [7, 11) is 0. The van der Waals surface area contributed by atoms with Crippen molar-refractivity contribution >= 4 is 11.6 Å². The maximum absolute atomic E-state index is 11.4. The third kappa shape index (κ3) is 3.14. The summed E-state index contributed by atoms with van der Waals surface area (Å²) in [6, 6.07) is 1.35. The molecule has 1 heterocycles. The molecule has 4 heteroatoms. The monoisotopic (exact) mass is 214 g/mol. The maximum Gasteiger partial charge on any atom is 0.254 e. The van der Waals surface area contributed by atoms with Crippen LogP contribution in [0.2, 0.25) is 5.15 Å². The molecule has 3 nitrogen and oxygen atoms in total. The molecule has 0 aromatic carbocycles. The van der Waals surface area contributed by atoms with Gasteiger partial charge < -0.3 is 0 Å². The Bertz CT molecular complexity index is 348. The van der Waals surface area contributed by atoms with E-state index in [1.54, 1.807) is 4.57 Å². The summed E-state index contributed by atoms with van der Waals surface area (Å²) in [5.74, 6) is 0.501. The fraction of sp³-hybridized carbons (Fsp3) is 0.600. The van der Waals surface area contributed by atoms with Gasteiger partial charge in [0.1, 0.15) is 5.15 Å². The first-order valence-electron chi connectivity index (χ1n) is 4.85. The molecule has 0 amide bonds. The summed E-state index contributed by atoms with van der Waals surface area (Å²) in [4.78, 5) is 15.3. The van der Waals surface area contributed by atoms with Crippen molar-refractivity contribution in [2.24, 2.45) is 5.92 Å². The molecule has 78 valence electrons. The fourth-order valence-electron chi connectivity index (χ4n) is 1.46. The predicted octanol–water partition coefficient (Wildman–Crippen LogP) is 2.33. The maximum atomic E-state index is 11.4. The number of aromatic nitrogens is 2. The van der Waals surface area contributed by atoms with Crippen molar-refractivity contribution in [1.82, 2.24) is 9.55 Å². The van der Waals surface area contributed by atoms with E-state index in [0.717, 1.165) is 19.4 Å². The van der Waals surface area contributed by atoms with E-state index < -0.39 is 0 Å². The molecule has 0 bridgehead atoms. The van der Waals surface area contributed by atoms with Gasteiger partial charge in [-0.25, -0.2) is 4.98 Å². The summed E-state index contributed by atoms with van der Waals surface area (Å²) in [6.45, 7) is 4.99. The van der Waals surface area contributed by atoms with Crippen LogP contribution in [0.25, 0.3) is 0 Å². The predicted molar refractivity (Wildman–Crippen MR) is 57.6 cm³/mol. The summed E-state index contributed by atoms with van der Waals surface area (Å²) in [6.07, 6.45) is 3.77. The van der Waals surface area contributed by atoms with Crippen LogP contribution in [0.1, 0.15) is 26.7 Å². The van der Waals surface area contributed by atoms with Crippen LogP contribution in [0.5, 0.6) is 0 Å². The quantitative estimate of drug-likeness (QED) is 0.722. The lowest BCUT2D eigenvalue weighted by Crippen LogP contribution is -2.22. The zero-order valence-corrected chi connectivity index (χ0v) is 9.29. The molecule has 1 rings (SSSR count). The summed E-state index contributed by atoms with van der Waals surface area (Å²) in [5.41, 5.74) is -0.0760. The Labute approximate surface area is 88.7 Å². The second-order valence-electron chi connectivity index (χ2n) is 3.60. The molecule has 0 aliphatic carbocycles. The van der Waals surface area contributed by atoms with Crippen molar-refractivity contribution in [2.75, 3.05) is 0 Å². The average Bonchev–Trinajstić information content (AvgIpc) is 2.10. The molecule has 0 fully saturated rings. The van der Waals surface area contributed by atoms with Crippen LogP contribution >= 0.6 is 11.6 Å². The van der Waals surface area contributed by atoms with Gasteiger partial charge in [0.2, 0.25) is 0 Å². The van der Waals surface area contributed by atoms with Crippen molar-refractivity contribution < 1.29 is 0 Å². The second kappa shape index (κ2) is 5.15. The molecule has 0 aliphatic heterocycles. The third-order valence-corrected chi connectivity index (χ3v) is 2.34. The Balaban J connectivity index is 2.72. The van der Waals surface area contributed by atoms with Crippen molar-refractivity contribution in [2.45, 2.75) is 33.2 Å². The highest BCUT2D eigenvalue weighted by Crippen LogP contribution is 2.07. The van der Waals surface area contributed by atoms with E-state index >= 15 is 0 Å². The Morgan fingerprint density at radius 3 is 2.93 bits per heavy atom. The van der Waals surface area contributed by atoms with Gasteiger partial charge in [0.25, 0.3) is 5.56 Å². The molecule has 1 unspecified atom stereocenters. The average molecular weight is 215 g/mol. The molecular formula is C10H15ClN2O. The lowest BCUT2D eigenvalue weighted by Gasteiger charge is -2.11. The molecular weight excluding hydrogens is 200 g/mol. The highest BCUT2D eigenvalue weighted by Gasteiger charge is 2.04. The topological polar surface area (TPSA) is 34.9 Å². The first kappa shape index (κ1) is 11.2. The Hall–Kier alpha value is -0.830. The number of hydrogen-bond donors (Lipinski definition) is 0. The zero-order valence-electron chi connectivity index (χ0n) is 8.53. The van der Waals surface area contributed by atoms with E-state index in [-0.39, 0.29) is 10.7 Å². The highest BCUT2D eigenvalue weighted by atomic mass is 35.5. The Kier molecular flexibility index (Phi) is 4.14. The molecule has 0 radical (unpaired) electrons. The molecule has 0 spiro atoms. The molecule has 1 aromatic rings. The zero-order chi connectivity index (χ0) is 10.6. The number of hydrogen-bond acceptors (Lipinski definition) is 2. The van der Waals surface area contributed by atoms with Gasteiger partial charge in [0.15, 0.2) is 0 Å². The van der Waals surface area contributed by atoms with Gasteiger partial charge in [-0.3, -0.25) is 9.36 Å². The van der Waals surface area contributed by atoms with Crippen LogP contribution in [-0.2, 0) is 6.54 Å². The largest absolute Gasteiger partial charge is 0.299 e. The summed E-state index contributed by atoms with van der Waals surface area (Å²) in [5, 5.41) is 0.259. The standard InChI is InChI=1S/C10H15ClN2O/c1-3-4-8(2)6-13-7-12-9(11)5-10(13)14/h5,7-8H,3-4,6H2,1-2H3. The van der Waals surface area contributed by atoms with Gasteiger partial charge >= 0.3 is 0 Å². The molecule has 14 heavy (non-hydrogen) atoms. The van der Waals surface area contributed by atoms with Gasteiger partial charge in [0, 0.05) is 12.6 Å². The van der Waals surface area contributed by atoms with Gasteiger partial charge in [0.05, 0.1) is 6.33 Å². The number of rotatable bonds is 4. The van der Waals surface area contributed by atoms with Gasteiger partial charge in [-0.05, 0) is 12.3 Å². The Morgan fingerprint density at radius 1 is 1.64 bits per heavy atom. The minimum atomic E-state index is -0.0760. The van der Waals surface area contributed by atoms with E-state index in [1.807, 2.05) is 0 Å². The summed E-state index contributed by atoms with van der Waals surface area (Å²) < 4.78 is 1.60. The second-order valence-corrected chi connectivity index (χ2v) is 3.98. The molecule has 1 aromatic heterocycles.